The molecule has 0 saturated heterocycles. The lowest BCUT2D eigenvalue weighted by Gasteiger charge is -2.10. The van der Waals surface area contributed by atoms with Gasteiger partial charge in [0.2, 0.25) is 0 Å². The second-order valence-corrected chi connectivity index (χ2v) is 4.04. The number of hydrogen-bond donors (Lipinski definition) is 1. The van der Waals surface area contributed by atoms with Crippen LogP contribution in [0.2, 0.25) is 0 Å². The summed E-state index contributed by atoms with van der Waals surface area (Å²) in [6.07, 6.45) is 0. The second kappa shape index (κ2) is 5.32. The molecule has 0 aliphatic heterocycles. The molecule has 0 aromatic carbocycles. The third-order valence-corrected chi connectivity index (χ3v) is 2.80. The van der Waals surface area contributed by atoms with Gasteiger partial charge < -0.3 is 10.2 Å². The monoisotopic (exact) mass is 199 g/mol. The van der Waals surface area contributed by atoms with Gasteiger partial charge in [0, 0.05) is 18.5 Å². The number of aromatic nitrogens is 1. The molecule has 0 saturated carbocycles. The molecule has 1 aromatic rings. The van der Waals surface area contributed by atoms with Crippen LogP contribution in [0.25, 0.3) is 0 Å². The van der Waals surface area contributed by atoms with E-state index in [9.17, 15) is 0 Å². The highest BCUT2D eigenvalue weighted by molar-refractivity contribution is 7.09. The van der Waals surface area contributed by atoms with E-state index in [1.165, 1.54) is 10.7 Å². The summed E-state index contributed by atoms with van der Waals surface area (Å²) in [6.45, 7) is 5.05. The zero-order chi connectivity index (χ0) is 9.68. The van der Waals surface area contributed by atoms with Crippen LogP contribution in [0.15, 0.2) is 5.38 Å². The van der Waals surface area contributed by atoms with Crippen molar-refractivity contribution in [2.24, 2.45) is 0 Å². The molecule has 0 bridgehead atoms. The summed E-state index contributed by atoms with van der Waals surface area (Å²) < 4.78 is 0. The number of thiazole rings is 1. The lowest BCUT2D eigenvalue weighted by Crippen LogP contribution is -2.17. The lowest BCUT2D eigenvalue weighted by atomic mass is 10.4. The van der Waals surface area contributed by atoms with Crippen LogP contribution in [0.4, 0.5) is 0 Å². The van der Waals surface area contributed by atoms with Gasteiger partial charge in [-0.3, -0.25) is 0 Å². The molecule has 1 heterocycles. The fourth-order valence-corrected chi connectivity index (χ4v) is 1.84. The van der Waals surface area contributed by atoms with Crippen LogP contribution in [-0.4, -0.2) is 30.5 Å². The van der Waals surface area contributed by atoms with Crippen LogP contribution in [-0.2, 0) is 13.1 Å². The van der Waals surface area contributed by atoms with Gasteiger partial charge in [0.05, 0.1) is 5.69 Å². The molecule has 0 aliphatic carbocycles. The number of rotatable bonds is 5. The molecule has 1 aromatic heterocycles. The first-order valence-electron chi connectivity index (χ1n) is 4.52. The van der Waals surface area contributed by atoms with Gasteiger partial charge in [-0.1, -0.05) is 6.92 Å². The van der Waals surface area contributed by atoms with E-state index in [4.69, 9.17) is 0 Å². The molecular weight excluding hydrogens is 182 g/mol. The molecule has 0 fully saturated rings. The smallest absolute Gasteiger partial charge is 0.107 e. The Hall–Kier alpha value is -0.450. The van der Waals surface area contributed by atoms with E-state index in [1.54, 1.807) is 11.3 Å². The lowest BCUT2D eigenvalue weighted by molar-refractivity contribution is 0.342. The molecule has 0 radical (unpaired) electrons. The van der Waals surface area contributed by atoms with E-state index in [0.717, 1.165) is 19.6 Å². The Morgan fingerprint density at radius 1 is 1.62 bits per heavy atom. The molecule has 0 unspecified atom stereocenters. The minimum atomic E-state index is 0.876. The molecule has 1 rings (SSSR count). The molecule has 0 atom stereocenters. The third kappa shape index (κ3) is 3.42. The van der Waals surface area contributed by atoms with E-state index in [0.29, 0.717) is 0 Å². The maximum atomic E-state index is 4.50. The molecule has 74 valence electrons. The summed E-state index contributed by atoms with van der Waals surface area (Å²) >= 11 is 1.73. The number of nitrogens with one attached hydrogen (secondary N) is 1. The Morgan fingerprint density at radius 2 is 2.38 bits per heavy atom. The van der Waals surface area contributed by atoms with Crippen LogP contribution in [0.3, 0.4) is 0 Å². The normalized spacial score (nSPS) is 11.1. The van der Waals surface area contributed by atoms with Crippen molar-refractivity contribution < 1.29 is 0 Å². The Morgan fingerprint density at radius 3 is 3.00 bits per heavy atom. The van der Waals surface area contributed by atoms with Gasteiger partial charge in [0.25, 0.3) is 0 Å². The summed E-state index contributed by atoms with van der Waals surface area (Å²) in [6, 6.07) is 0. The maximum absolute atomic E-state index is 4.50. The average Bonchev–Trinajstić information content (AvgIpc) is 2.53. The van der Waals surface area contributed by atoms with Gasteiger partial charge in [-0.05, 0) is 20.6 Å². The topological polar surface area (TPSA) is 28.2 Å². The standard InChI is InChI=1S/C9H17N3S/c1-4-12(3)6-8-7-13-9(11-8)5-10-2/h7,10H,4-6H2,1-3H3. The van der Waals surface area contributed by atoms with E-state index >= 15 is 0 Å². The fraction of sp³-hybridized carbons (Fsp3) is 0.667. The van der Waals surface area contributed by atoms with Gasteiger partial charge in [0.15, 0.2) is 0 Å². The summed E-state index contributed by atoms with van der Waals surface area (Å²) in [5, 5.41) is 6.41. The average molecular weight is 199 g/mol. The van der Waals surface area contributed by atoms with Crippen LogP contribution >= 0.6 is 11.3 Å². The maximum Gasteiger partial charge on any atom is 0.107 e. The molecular formula is C9H17N3S. The van der Waals surface area contributed by atoms with Crippen LogP contribution in [0.1, 0.15) is 17.6 Å². The van der Waals surface area contributed by atoms with Gasteiger partial charge in [0.1, 0.15) is 5.01 Å². The SMILES string of the molecule is CCN(C)Cc1csc(CNC)n1. The van der Waals surface area contributed by atoms with E-state index in [2.05, 4.69) is 34.6 Å². The predicted octanol–water partition coefficient (Wildman–Crippen LogP) is 1.31. The van der Waals surface area contributed by atoms with E-state index < -0.39 is 0 Å². The van der Waals surface area contributed by atoms with Crippen molar-refractivity contribution in [2.45, 2.75) is 20.0 Å². The first-order valence-corrected chi connectivity index (χ1v) is 5.40. The molecule has 0 amide bonds. The zero-order valence-electron chi connectivity index (χ0n) is 8.50. The van der Waals surface area contributed by atoms with Crippen molar-refractivity contribution >= 4 is 11.3 Å². The quantitative estimate of drug-likeness (QED) is 0.775. The largest absolute Gasteiger partial charge is 0.314 e. The minimum absolute atomic E-state index is 0.876. The minimum Gasteiger partial charge on any atom is -0.314 e. The van der Waals surface area contributed by atoms with Crippen molar-refractivity contribution in [3.05, 3.63) is 16.1 Å². The summed E-state index contributed by atoms with van der Waals surface area (Å²) in [5.41, 5.74) is 1.18. The predicted molar refractivity (Wildman–Crippen MR) is 56.9 cm³/mol. The van der Waals surface area contributed by atoms with Crippen LogP contribution in [0.5, 0.6) is 0 Å². The molecule has 0 spiro atoms. The third-order valence-electron chi connectivity index (χ3n) is 1.90. The van der Waals surface area contributed by atoms with Crippen LogP contribution < -0.4 is 5.32 Å². The summed E-state index contributed by atoms with van der Waals surface area (Å²) in [4.78, 5) is 6.75. The first-order chi connectivity index (χ1) is 6.26. The first kappa shape index (κ1) is 10.6. The van der Waals surface area contributed by atoms with Gasteiger partial charge in [-0.2, -0.15) is 0 Å². The fourth-order valence-electron chi connectivity index (χ4n) is 1.04. The molecule has 0 aliphatic rings. The molecule has 13 heavy (non-hydrogen) atoms. The van der Waals surface area contributed by atoms with Crippen molar-refractivity contribution in [2.75, 3.05) is 20.6 Å². The Balaban J connectivity index is 2.48. The molecule has 1 N–H and O–H groups in total. The molecule has 3 nitrogen and oxygen atoms in total. The van der Waals surface area contributed by atoms with Crippen molar-refractivity contribution in [3.8, 4) is 0 Å². The Kier molecular flexibility index (Phi) is 4.35. The number of nitrogens with zero attached hydrogens (tertiary/aromatic N) is 2. The van der Waals surface area contributed by atoms with Gasteiger partial charge in [-0.15, -0.1) is 11.3 Å². The highest BCUT2D eigenvalue weighted by atomic mass is 32.1. The van der Waals surface area contributed by atoms with Gasteiger partial charge in [-0.25, -0.2) is 4.98 Å². The highest BCUT2D eigenvalue weighted by Gasteiger charge is 2.02. The van der Waals surface area contributed by atoms with Crippen molar-refractivity contribution in [3.63, 3.8) is 0 Å². The number of hydrogen-bond acceptors (Lipinski definition) is 4. The molecule has 4 heteroatoms. The van der Waals surface area contributed by atoms with E-state index in [-0.39, 0.29) is 0 Å². The summed E-state index contributed by atoms with van der Waals surface area (Å²) in [5.74, 6) is 0. The van der Waals surface area contributed by atoms with E-state index in [1.807, 2.05) is 7.05 Å². The van der Waals surface area contributed by atoms with Crippen molar-refractivity contribution in [1.82, 2.24) is 15.2 Å². The van der Waals surface area contributed by atoms with Crippen LogP contribution in [0, 0.1) is 0 Å². The Bertz CT molecular complexity index is 247. The summed E-state index contributed by atoms with van der Waals surface area (Å²) in [7, 11) is 4.05. The van der Waals surface area contributed by atoms with Gasteiger partial charge >= 0.3 is 0 Å². The van der Waals surface area contributed by atoms with Crippen molar-refractivity contribution in [1.29, 1.82) is 0 Å². The second-order valence-electron chi connectivity index (χ2n) is 3.09. The highest BCUT2D eigenvalue weighted by Crippen LogP contribution is 2.10. The Labute approximate surface area is 83.8 Å². The zero-order valence-corrected chi connectivity index (χ0v) is 9.32.